The van der Waals surface area contributed by atoms with Crippen molar-refractivity contribution in [2.24, 2.45) is 5.92 Å². The molecule has 7 nitrogen and oxygen atoms in total. The van der Waals surface area contributed by atoms with Gasteiger partial charge in [-0.25, -0.2) is 4.79 Å². The molecule has 2 aromatic rings. The van der Waals surface area contributed by atoms with Gasteiger partial charge in [0.25, 0.3) is 0 Å². The van der Waals surface area contributed by atoms with Gasteiger partial charge in [-0.15, -0.1) is 11.3 Å². The number of ether oxygens (including phenoxy) is 2. The van der Waals surface area contributed by atoms with Crippen LogP contribution in [0.4, 0.5) is 4.79 Å². The molecular formula is C26H37N3O4S. The Hall–Kier alpha value is -2.74. The zero-order valence-corrected chi connectivity index (χ0v) is 21.7. The van der Waals surface area contributed by atoms with Gasteiger partial charge in [0.05, 0.1) is 13.2 Å². The molecule has 1 aliphatic heterocycles. The van der Waals surface area contributed by atoms with Gasteiger partial charge in [-0.05, 0) is 55.3 Å². The number of rotatable bonds is 10. The van der Waals surface area contributed by atoms with Gasteiger partial charge in [-0.3, -0.25) is 4.79 Å². The van der Waals surface area contributed by atoms with Crippen LogP contribution < -0.4 is 14.8 Å². The minimum absolute atomic E-state index is 0.00684. The van der Waals surface area contributed by atoms with Gasteiger partial charge in [-0.1, -0.05) is 32.4 Å². The molecule has 0 bridgehead atoms. The number of carbonyl (C=O) groups is 2. The Bertz CT molecular complexity index is 961. The van der Waals surface area contributed by atoms with Crippen molar-refractivity contribution in [3.8, 4) is 11.5 Å². The summed E-state index contributed by atoms with van der Waals surface area (Å²) in [6.07, 6.45) is 1.75. The Morgan fingerprint density at radius 1 is 1.21 bits per heavy atom. The van der Waals surface area contributed by atoms with Crippen LogP contribution in [0, 0.1) is 5.92 Å². The van der Waals surface area contributed by atoms with Crippen LogP contribution in [-0.2, 0) is 11.2 Å². The summed E-state index contributed by atoms with van der Waals surface area (Å²) in [7, 11) is 1.61. The fourth-order valence-corrected chi connectivity index (χ4v) is 5.03. The summed E-state index contributed by atoms with van der Waals surface area (Å²) in [5, 5.41) is 5.01. The third-order valence-electron chi connectivity index (χ3n) is 6.14. The van der Waals surface area contributed by atoms with Gasteiger partial charge < -0.3 is 24.6 Å². The molecular weight excluding hydrogens is 450 g/mol. The van der Waals surface area contributed by atoms with E-state index in [1.807, 2.05) is 43.0 Å². The Balaban J connectivity index is 1.79. The number of carbonyl (C=O) groups excluding carboxylic acids is 2. The third kappa shape index (κ3) is 6.44. The van der Waals surface area contributed by atoms with E-state index in [4.69, 9.17) is 9.47 Å². The molecule has 2 heterocycles. The molecule has 1 aromatic carbocycles. The molecule has 0 fully saturated rings. The molecule has 3 rings (SSSR count). The second kappa shape index (κ2) is 12.1. The second-order valence-corrected chi connectivity index (χ2v) is 10.1. The number of hydrogen-bond donors (Lipinski definition) is 1. The average molecular weight is 488 g/mol. The van der Waals surface area contributed by atoms with Crippen LogP contribution in [0.2, 0.25) is 0 Å². The highest BCUT2D eigenvalue weighted by molar-refractivity contribution is 7.10. The lowest BCUT2D eigenvalue weighted by atomic mass is 10.00. The summed E-state index contributed by atoms with van der Waals surface area (Å²) in [5.74, 6) is 1.55. The maximum Gasteiger partial charge on any atom is 0.318 e. The molecule has 0 unspecified atom stereocenters. The number of para-hydroxylation sites is 2. The second-order valence-electron chi connectivity index (χ2n) is 9.11. The van der Waals surface area contributed by atoms with E-state index in [0.717, 1.165) is 18.4 Å². The molecule has 34 heavy (non-hydrogen) atoms. The van der Waals surface area contributed by atoms with E-state index in [0.29, 0.717) is 37.1 Å². The molecule has 3 amide bonds. The Kier molecular flexibility index (Phi) is 9.21. The van der Waals surface area contributed by atoms with Crippen molar-refractivity contribution in [2.75, 3.05) is 33.4 Å². The predicted octanol–water partition coefficient (Wildman–Crippen LogP) is 4.73. The fraction of sp³-hybridized carbons (Fsp3) is 0.538. The van der Waals surface area contributed by atoms with Crippen molar-refractivity contribution in [3.05, 3.63) is 46.2 Å². The zero-order valence-electron chi connectivity index (χ0n) is 20.9. The maximum absolute atomic E-state index is 13.6. The number of benzene rings is 1. The topological polar surface area (TPSA) is 71.1 Å². The van der Waals surface area contributed by atoms with E-state index in [1.54, 1.807) is 23.3 Å². The highest BCUT2D eigenvalue weighted by Crippen LogP contribution is 2.35. The van der Waals surface area contributed by atoms with E-state index >= 15 is 0 Å². The quantitative estimate of drug-likeness (QED) is 0.526. The summed E-state index contributed by atoms with van der Waals surface area (Å²) in [4.78, 5) is 31.2. The highest BCUT2D eigenvalue weighted by atomic mass is 32.1. The summed E-state index contributed by atoms with van der Waals surface area (Å²) in [6, 6.07) is 9.20. The average Bonchev–Trinajstić information content (AvgIpc) is 3.30. The lowest BCUT2D eigenvalue weighted by molar-refractivity contribution is -0.135. The zero-order chi connectivity index (χ0) is 24.7. The van der Waals surface area contributed by atoms with Gasteiger partial charge in [-0.2, -0.15) is 0 Å². The number of amides is 3. The van der Waals surface area contributed by atoms with E-state index in [9.17, 15) is 9.59 Å². The fourth-order valence-electron chi connectivity index (χ4n) is 4.10. The molecule has 186 valence electrons. The summed E-state index contributed by atoms with van der Waals surface area (Å²) >= 11 is 1.72. The van der Waals surface area contributed by atoms with E-state index in [2.05, 4.69) is 30.6 Å². The van der Waals surface area contributed by atoms with Gasteiger partial charge >= 0.3 is 6.03 Å². The van der Waals surface area contributed by atoms with Crippen LogP contribution >= 0.6 is 11.3 Å². The monoisotopic (exact) mass is 487 g/mol. The van der Waals surface area contributed by atoms with Crippen molar-refractivity contribution in [1.29, 1.82) is 0 Å². The Morgan fingerprint density at radius 3 is 2.62 bits per heavy atom. The number of hydrogen-bond acceptors (Lipinski definition) is 5. The first-order chi connectivity index (χ1) is 16.3. The van der Waals surface area contributed by atoms with Crippen LogP contribution in [0.15, 0.2) is 35.7 Å². The SMILES string of the molecule is CC[C@H](C)CN(CC(=O)N1CCc2sccc2[C@H]1COc1ccccc1OC)C(=O)NC(C)C. The summed E-state index contributed by atoms with van der Waals surface area (Å²) in [5.41, 5.74) is 1.12. The molecule has 1 aliphatic rings. The van der Waals surface area contributed by atoms with Crippen LogP contribution in [0.5, 0.6) is 11.5 Å². The molecule has 0 aliphatic carbocycles. The maximum atomic E-state index is 13.6. The minimum atomic E-state index is -0.217. The number of methoxy groups -OCH3 is 1. The number of nitrogens with one attached hydrogen (secondary N) is 1. The van der Waals surface area contributed by atoms with Crippen LogP contribution in [0.25, 0.3) is 0 Å². The van der Waals surface area contributed by atoms with Crippen molar-refractivity contribution < 1.29 is 19.1 Å². The normalized spacial score (nSPS) is 16.1. The standard InChI is InChI=1S/C26H37N3O4S/c1-6-19(4)15-28(26(31)27-18(2)3)16-25(30)29-13-11-24-20(12-14-34-24)21(29)17-33-23-10-8-7-9-22(23)32-5/h7-10,12,14,18-19,21H,6,11,13,15-17H2,1-5H3,(H,27,31)/t19-,21+/m0/s1. The smallest absolute Gasteiger partial charge is 0.318 e. The van der Waals surface area contributed by atoms with E-state index in [-0.39, 0.29) is 30.6 Å². The lowest BCUT2D eigenvalue weighted by Crippen LogP contribution is -2.51. The first-order valence-electron chi connectivity index (χ1n) is 12.0. The van der Waals surface area contributed by atoms with E-state index in [1.165, 1.54) is 4.88 Å². The van der Waals surface area contributed by atoms with Crippen LogP contribution in [0.1, 0.15) is 50.6 Å². The number of fused-ring (bicyclic) bond motifs is 1. The Morgan fingerprint density at radius 2 is 1.94 bits per heavy atom. The van der Waals surface area contributed by atoms with Crippen LogP contribution in [-0.4, -0.2) is 61.1 Å². The van der Waals surface area contributed by atoms with Crippen molar-refractivity contribution in [1.82, 2.24) is 15.1 Å². The Labute approximate surface area is 207 Å². The molecule has 8 heteroatoms. The first-order valence-corrected chi connectivity index (χ1v) is 12.9. The minimum Gasteiger partial charge on any atom is -0.493 e. The molecule has 0 spiro atoms. The molecule has 1 aromatic heterocycles. The van der Waals surface area contributed by atoms with Gasteiger partial charge in [0.1, 0.15) is 13.2 Å². The predicted molar refractivity (Wildman–Crippen MR) is 136 cm³/mol. The largest absolute Gasteiger partial charge is 0.493 e. The van der Waals surface area contributed by atoms with Crippen molar-refractivity contribution in [2.45, 2.75) is 52.6 Å². The molecule has 1 N–H and O–H groups in total. The van der Waals surface area contributed by atoms with Gasteiger partial charge in [0.15, 0.2) is 11.5 Å². The molecule has 2 atom stereocenters. The number of urea groups is 1. The molecule has 0 radical (unpaired) electrons. The van der Waals surface area contributed by atoms with Gasteiger partial charge in [0, 0.05) is 24.0 Å². The van der Waals surface area contributed by atoms with Gasteiger partial charge in [0.2, 0.25) is 5.91 Å². The summed E-state index contributed by atoms with van der Waals surface area (Å²) in [6.45, 7) is 9.56. The molecule has 0 saturated heterocycles. The molecule has 0 saturated carbocycles. The van der Waals surface area contributed by atoms with Crippen molar-refractivity contribution >= 4 is 23.3 Å². The summed E-state index contributed by atoms with van der Waals surface area (Å²) < 4.78 is 11.6. The number of nitrogens with zero attached hydrogens (tertiary/aromatic N) is 2. The van der Waals surface area contributed by atoms with Crippen LogP contribution in [0.3, 0.4) is 0 Å². The first kappa shape index (κ1) is 25.9. The number of thiophene rings is 1. The third-order valence-corrected chi connectivity index (χ3v) is 7.13. The lowest BCUT2D eigenvalue weighted by Gasteiger charge is -2.37. The van der Waals surface area contributed by atoms with E-state index < -0.39 is 0 Å². The highest BCUT2D eigenvalue weighted by Gasteiger charge is 2.34. The van der Waals surface area contributed by atoms with Crippen molar-refractivity contribution in [3.63, 3.8) is 0 Å².